The number of hydrogen-bond acceptors (Lipinski definition) is 4. The number of fused-ring (bicyclic) bond motifs is 1. The van der Waals surface area contributed by atoms with Crippen molar-refractivity contribution in [1.29, 1.82) is 0 Å². The molecule has 1 aliphatic heterocycles. The number of allylic oxidation sites excluding steroid dienone is 3. The maximum atomic E-state index is 5.92. The highest BCUT2D eigenvalue weighted by atomic mass is 16.5. The van der Waals surface area contributed by atoms with Crippen molar-refractivity contribution in [3.8, 4) is 11.3 Å². The van der Waals surface area contributed by atoms with Crippen LogP contribution in [0.5, 0.6) is 0 Å². The molecule has 1 aromatic carbocycles. The molecule has 0 spiro atoms. The van der Waals surface area contributed by atoms with Crippen molar-refractivity contribution in [3.05, 3.63) is 72.1 Å². The molecule has 0 radical (unpaired) electrons. The van der Waals surface area contributed by atoms with Crippen molar-refractivity contribution in [2.75, 3.05) is 11.9 Å². The van der Waals surface area contributed by atoms with E-state index in [0.29, 0.717) is 6.61 Å². The van der Waals surface area contributed by atoms with Gasteiger partial charge in [-0.25, -0.2) is 4.98 Å². The average Bonchev–Trinajstić information content (AvgIpc) is 3.15. The van der Waals surface area contributed by atoms with Gasteiger partial charge in [-0.2, -0.15) is 0 Å². The number of benzene rings is 1. The van der Waals surface area contributed by atoms with Crippen LogP contribution in [0.3, 0.4) is 0 Å². The van der Waals surface area contributed by atoms with E-state index in [1.807, 2.05) is 12.1 Å². The SMILES string of the molecule is C=C(Nc1ccc(-c2cnco2)c(C)c1)C1COC2=CCCC=C2C1. The van der Waals surface area contributed by atoms with Crippen LogP contribution < -0.4 is 5.32 Å². The van der Waals surface area contributed by atoms with E-state index < -0.39 is 0 Å². The average molecular weight is 334 g/mol. The van der Waals surface area contributed by atoms with E-state index in [-0.39, 0.29) is 5.92 Å². The summed E-state index contributed by atoms with van der Waals surface area (Å²) in [5.74, 6) is 2.14. The van der Waals surface area contributed by atoms with Gasteiger partial charge in [-0.15, -0.1) is 0 Å². The largest absolute Gasteiger partial charge is 0.493 e. The van der Waals surface area contributed by atoms with Crippen molar-refractivity contribution in [2.24, 2.45) is 5.92 Å². The Morgan fingerprint density at radius 3 is 2.96 bits per heavy atom. The lowest BCUT2D eigenvalue weighted by molar-refractivity contribution is 0.157. The minimum atomic E-state index is 0.288. The summed E-state index contributed by atoms with van der Waals surface area (Å²) < 4.78 is 11.3. The molecule has 1 unspecified atom stereocenters. The van der Waals surface area contributed by atoms with Gasteiger partial charge in [0.05, 0.1) is 12.8 Å². The van der Waals surface area contributed by atoms with Gasteiger partial charge in [-0.3, -0.25) is 0 Å². The molecule has 0 bridgehead atoms. The first kappa shape index (κ1) is 15.8. The van der Waals surface area contributed by atoms with E-state index in [0.717, 1.165) is 53.3 Å². The second-order valence-electron chi connectivity index (χ2n) is 6.63. The maximum Gasteiger partial charge on any atom is 0.181 e. The van der Waals surface area contributed by atoms with Gasteiger partial charge in [0, 0.05) is 22.9 Å². The number of nitrogens with one attached hydrogen (secondary N) is 1. The summed E-state index contributed by atoms with van der Waals surface area (Å²) in [6.45, 7) is 7.00. The summed E-state index contributed by atoms with van der Waals surface area (Å²) in [4.78, 5) is 3.98. The third-order valence-corrected chi connectivity index (χ3v) is 4.83. The molecule has 2 heterocycles. The van der Waals surface area contributed by atoms with Crippen LogP contribution in [-0.4, -0.2) is 11.6 Å². The molecule has 0 amide bonds. The topological polar surface area (TPSA) is 47.3 Å². The van der Waals surface area contributed by atoms with Crippen molar-refractivity contribution < 1.29 is 9.15 Å². The second kappa shape index (κ2) is 6.63. The molecule has 1 fully saturated rings. The first-order chi connectivity index (χ1) is 12.2. The highest BCUT2D eigenvalue weighted by Crippen LogP contribution is 2.34. The zero-order chi connectivity index (χ0) is 17.2. The third kappa shape index (κ3) is 3.25. The Morgan fingerprint density at radius 2 is 2.16 bits per heavy atom. The third-order valence-electron chi connectivity index (χ3n) is 4.83. The Hall–Kier alpha value is -2.75. The number of rotatable bonds is 4. The first-order valence-corrected chi connectivity index (χ1v) is 8.68. The minimum Gasteiger partial charge on any atom is -0.493 e. The van der Waals surface area contributed by atoms with Gasteiger partial charge in [0.25, 0.3) is 0 Å². The summed E-state index contributed by atoms with van der Waals surface area (Å²) >= 11 is 0. The number of oxazole rings is 1. The predicted molar refractivity (Wildman–Crippen MR) is 98.9 cm³/mol. The molecule has 0 saturated carbocycles. The van der Waals surface area contributed by atoms with Crippen molar-refractivity contribution in [3.63, 3.8) is 0 Å². The summed E-state index contributed by atoms with van der Waals surface area (Å²) in [7, 11) is 0. The maximum absolute atomic E-state index is 5.92. The number of aromatic nitrogens is 1. The molecule has 2 aliphatic rings. The van der Waals surface area contributed by atoms with Gasteiger partial charge in [-0.1, -0.05) is 12.7 Å². The lowest BCUT2D eigenvalue weighted by atomic mass is 9.90. The van der Waals surface area contributed by atoms with Gasteiger partial charge in [-0.05, 0) is 61.6 Å². The molecule has 4 heteroatoms. The van der Waals surface area contributed by atoms with Gasteiger partial charge >= 0.3 is 0 Å². The van der Waals surface area contributed by atoms with Crippen LogP contribution in [0.15, 0.2) is 71.0 Å². The van der Waals surface area contributed by atoms with E-state index in [1.54, 1.807) is 6.20 Å². The monoisotopic (exact) mass is 334 g/mol. The van der Waals surface area contributed by atoms with Crippen LogP contribution in [0, 0.1) is 12.8 Å². The van der Waals surface area contributed by atoms with E-state index in [4.69, 9.17) is 9.15 Å². The summed E-state index contributed by atoms with van der Waals surface area (Å²) in [6, 6.07) is 6.20. The number of nitrogens with zero attached hydrogens (tertiary/aromatic N) is 1. The quantitative estimate of drug-likeness (QED) is 0.833. The normalized spacial score (nSPS) is 19.3. The lowest BCUT2D eigenvalue weighted by Crippen LogP contribution is -2.23. The van der Waals surface area contributed by atoms with Gasteiger partial charge in [0.15, 0.2) is 12.2 Å². The van der Waals surface area contributed by atoms with Crippen molar-refractivity contribution >= 4 is 5.69 Å². The van der Waals surface area contributed by atoms with E-state index in [1.165, 1.54) is 12.0 Å². The number of ether oxygens (including phenoxy) is 1. The van der Waals surface area contributed by atoms with Crippen LogP contribution >= 0.6 is 0 Å². The zero-order valence-corrected chi connectivity index (χ0v) is 14.4. The van der Waals surface area contributed by atoms with Crippen LogP contribution in [0.1, 0.15) is 24.8 Å². The highest BCUT2D eigenvalue weighted by Gasteiger charge is 2.25. The van der Waals surface area contributed by atoms with Crippen LogP contribution in [-0.2, 0) is 4.74 Å². The molecular formula is C21H22N2O2. The molecule has 128 valence electrons. The summed E-state index contributed by atoms with van der Waals surface area (Å²) in [5, 5.41) is 3.45. The fraction of sp³-hybridized carbons (Fsp3) is 0.286. The Balaban J connectivity index is 1.45. The predicted octanol–water partition coefficient (Wildman–Crippen LogP) is 5.22. The van der Waals surface area contributed by atoms with Gasteiger partial charge in [0.2, 0.25) is 0 Å². The van der Waals surface area contributed by atoms with Crippen LogP contribution in [0.25, 0.3) is 11.3 Å². The molecule has 4 nitrogen and oxygen atoms in total. The van der Waals surface area contributed by atoms with Gasteiger partial charge in [0.1, 0.15) is 5.76 Å². The lowest BCUT2D eigenvalue weighted by Gasteiger charge is -2.30. The van der Waals surface area contributed by atoms with Gasteiger partial charge < -0.3 is 14.5 Å². The van der Waals surface area contributed by atoms with E-state index in [9.17, 15) is 0 Å². The molecule has 1 aromatic heterocycles. The fourth-order valence-electron chi connectivity index (χ4n) is 3.43. The zero-order valence-electron chi connectivity index (χ0n) is 14.4. The molecular weight excluding hydrogens is 312 g/mol. The molecule has 1 N–H and O–H groups in total. The number of aryl methyl sites for hydroxylation is 1. The molecule has 4 rings (SSSR count). The highest BCUT2D eigenvalue weighted by molar-refractivity contribution is 5.66. The minimum absolute atomic E-state index is 0.288. The fourth-order valence-corrected chi connectivity index (χ4v) is 3.43. The Bertz CT molecular complexity index is 847. The molecule has 2 aromatic rings. The second-order valence-corrected chi connectivity index (χ2v) is 6.63. The van der Waals surface area contributed by atoms with Crippen molar-refractivity contribution in [2.45, 2.75) is 26.2 Å². The first-order valence-electron chi connectivity index (χ1n) is 8.68. The smallest absolute Gasteiger partial charge is 0.181 e. The Kier molecular flexibility index (Phi) is 4.18. The van der Waals surface area contributed by atoms with Crippen LogP contribution in [0.4, 0.5) is 5.69 Å². The van der Waals surface area contributed by atoms with Crippen molar-refractivity contribution in [1.82, 2.24) is 4.98 Å². The molecule has 1 aliphatic carbocycles. The van der Waals surface area contributed by atoms with Crippen LogP contribution in [0.2, 0.25) is 0 Å². The Labute approximate surface area is 147 Å². The number of anilines is 1. The molecule has 1 atom stereocenters. The van der Waals surface area contributed by atoms with E-state index in [2.05, 4.69) is 42.0 Å². The number of hydrogen-bond donors (Lipinski definition) is 1. The Morgan fingerprint density at radius 1 is 1.28 bits per heavy atom. The molecule has 1 saturated heterocycles. The summed E-state index contributed by atoms with van der Waals surface area (Å²) in [6.07, 6.45) is 10.9. The van der Waals surface area contributed by atoms with E-state index >= 15 is 0 Å². The molecule has 25 heavy (non-hydrogen) atoms. The summed E-state index contributed by atoms with van der Waals surface area (Å²) in [5.41, 5.74) is 5.54. The standard InChI is InChI=1S/C21H22N2O2/c1-14-9-18(7-8-19(14)21-11-22-13-25-21)23-15(2)17-10-16-5-3-4-6-20(16)24-12-17/h5-9,11,13,17,23H,2-4,10,12H2,1H3.